The van der Waals surface area contributed by atoms with Crippen molar-refractivity contribution in [1.29, 1.82) is 0 Å². The molecule has 21 heavy (non-hydrogen) atoms. The zero-order valence-electron chi connectivity index (χ0n) is 11.6. The Hall–Kier alpha value is -1.89. The molecule has 7 heteroatoms. The second kappa shape index (κ2) is 5.85. The van der Waals surface area contributed by atoms with Crippen LogP contribution in [0.1, 0.15) is 29.6 Å². The van der Waals surface area contributed by atoms with E-state index in [2.05, 4.69) is 5.32 Å². The molecule has 114 valence electrons. The average molecular weight is 311 g/mol. The van der Waals surface area contributed by atoms with Crippen molar-refractivity contribution in [2.24, 2.45) is 5.92 Å². The molecule has 0 heterocycles. The fourth-order valence-corrected chi connectivity index (χ4v) is 2.63. The van der Waals surface area contributed by atoms with Crippen molar-refractivity contribution in [1.82, 2.24) is 5.32 Å². The monoisotopic (exact) mass is 311 g/mol. The summed E-state index contributed by atoms with van der Waals surface area (Å²) in [4.78, 5) is 23.2. The van der Waals surface area contributed by atoms with Crippen LogP contribution in [0, 0.1) is 5.92 Å². The zero-order valence-corrected chi connectivity index (χ0v) is 12.4. The molecule has 0 aromatic heterocycles. The van der Waals surface area contributed by atoms with Crippen LogP contribution in [0.2, 0.25) is 0 Å². The van der Waals surface area contributed by atoms with Crippen LogP contribution in [0.5, 0.6) is 0 Å². The van der Waals surface area contributed by atoms with E-state index in [1.165, 1.54) is 24.3 Å². The molecule has 1 saturated carbocycles. The summed E-state index contributed by atoms with van der Waals surface area (Å²) in [6.45, 7) is 0. The minimum atomic E-state index is -3.32. The van der Waals surface area contributed by atoms with Gasteiger partial charge in [-0.05, 0) is 36.6 Å². The summed E-state index contributed by atoms with van der Waals surface area (Å²) in [5.74, 6) is -1.19. The SMILES string of the molecule is CS(=O)(=O)c1ccc(C(=O)NC(CC2CC2)C(=O)O)cc1. The first-order chi connectivity index (χ1) is 9.77. The van der Waals surface area contributed by atoms with Crippen molar-refractivity contribution in [3.63, 3.8) is 0 Å². The first-order valence-electron chi connectivity index (χ1n) is 6.61. The minimum absolute atomic E-state index is 0.117. The highest BCUT2D eigenvalue weighted by molar-refractivity contribution is 7.90. The Morgan fingerprint density at radius 2 is 1.86 bits per heavy atom. The van der Waals surface area contributed by atoms with Gasteiger partial charge in [0.2, 0.25) is 0 Å². The number of rotatable bonds is 6. The van der Waals surface area contributed by atoms with Gasteiger partial charge in [0.15, 0.2) is 9.84 Å². The second-order valence-electron chi connectivity index (χ2n) is 5.34. The molecule has 1 aliphatic rings. The van der Waals surface area contributed by atoms with Crippen LogP contribution in [0.15, 0.2) is 29.2 Å². The van der Waals surface area contributed by atoms with Crippen LogP contribution in [0.25, 0.3) is 0 Å². The number of benzene rings is 1. The number of carboxylic acid groups (broad SMARTS) is 1. The molecule has 1 aliphatic carbocycles. The third-order valence-corrected chi connectivity index (χ3v) is 4.54. The smallest absolute Gasteiger partial charge is 0.326 e. The van der Waals surface area contributed by atoms with Gasteiger partial charge in [-0.2, -0.15) is 0 Å². The van der Waals surface area contributed by atoms with Gasteiger partial charge in [-0.15, -0.1) is 0 Å². The number of amides is 1. The van der Waals surface area contributed by atoms with Gasteiger partial charge in [0.25, 0.3) is 5.91 Å². The molecule has 2 N–H and O–H groups in total. The Bertz CT molecular complexity index is 646. The molecule has 1 aromatic rings. The Morgan fingerprint density at radius 1 is 1.29 bits per heavy atom. The number of sulfone groups is 1. The van der Waals surface area contributed by atoms with Gasteiger partial charge in [0.05, 0.1) is 4.90 Å². The number of nitrogens with one attached hydrogen (secondary N) is 1. The lowest BCUT2D eigenvalue weighted by molar-refractivity contribution is -0.139. The van der Waals surface area contributed by atoms with E-state index in [1.807, 2.05) is 0 Å². The van der Waals surface area contributed by atoms with Crippen molar-refractivity contribution in [2.45, 2.75) is 30.2 Å². The fraction of sp³-hybridized carbons (Fsp3) is 0.429. The lowest BCUT2D eigenvalue weighted by atomic mass is 10.1. The van der Waals surface area contributed by atoms with E-state index in [-0.39, 0.29) is 10.5 Å². The molecule has 1 aromatic carbocycles. The van der Waals surface area contributed by atoms with Gasteiger partial charge in [-0.1, -0.05) is 12.8 Å². The summed E-state index contributed by atoms with van der Waals surface area (Å²) in [7, 11) is -3.32. The van der Waals surface area contributed by atoms with Crippen LogP contribution in [0.3, 0.4) is 0 Å². The third-order valence-electron chi connectivity index (χ3n) is 3.41. The molecule has 1 unspecified atom stereocenters. The molecule has 1 amide bonds. The van der Waals surface area contributed by atoms with Crippen molar-refractivity contribution >= 4 is 21.7 Å². The number of carbonyl (C=O) groups excluding carboxylic acids is 1. The highest BCUT2D eigenvalue weighted by Gasteiger charge is 2.30. The minimum Gasteiger partial charge on any atom is -0.480 e. The van der Waals surface area contributed by atoms with E-state index >= 15 is 0 Å². The van der Waals surface area contributed by atoms with Gasteiger partial charge >= 0.3 is 5.97 Å². The van der Waals surface area contributed by atoms with Crippen LogP contribution >= 0.6 is 0 Å². The van der Waals surface area contributed by atoms with Crippen molar-refractivity contribution in [2.75, 3.05) is 6.26 Å². The number of carbonyl (C=O) groups is 2. The number of hydrogen-bond donors (Lipinski definition) is 2. The number of aliphatic carboxylic acids is 1. The van der Waals surface area contributed by atoms with Crippen LogP contribution < -0.4 is 5.32 Å². The Morgan fingerprint density at radius 3 is 2.29 bits per heavy atom. The maximum absolute atomic E-state index is 12.0. The van der Waals surface area contributed by atoms with Gasteiger partial charge in [-0.25, -0.2) is 13.2 Å². The molecule has 0 radical (unpaired) electrons. The van der Waals surface area contributed by atoms with E-state index in [9.17, 15) is 18.0 Å². The van der Waals surface area contributed by atoms with E-state index in [1.54, 1.807) is 0 Å². The molecule has 0 spiro atoms. The highest BCUT2D eigenvalue weighted by atomic mass is 32.2. The summed E-state index contributed by atoms with van der Waals surface area (Å²) in [6.07, 6.45) is 3.52. The van der Waals surface area contributed by atoms with E-state index in [0.717, 1.165) is 19.1 Å². The van der Waals surface area contributed by atoms with Crippen LogP contribution in [-0.2, 0) is 14.6 Å². The molecular weight excluding hydrogens is 294 g/mol. The number of hydrogen-bond acceptors (Lipinski definition) is 4. The maximum atomic E-state index is 12.0. The Labute approximate surface area is 123 Å². The Balaban J connectivity index is 2.06. The molecule has 1 fully saturated rings. The van der Waals surface area contributed by atoms with Crippen molar-refractivity contribution in [3.8, 4) is 0 Å². The van der Waals surface area contributed by atoms with Crippen LogP contribution in [-0.4, -0.2) is 37.7 Å². The lowest BCUT2D eigenvalue weighted by Crippen LogP contribution is -2.41. The molecule has 0 aliphatic heterocycles. The molecule has 2 rings (SSSR count). The molecule has 0 saturated heterocycles. The van der Waals surface area contributed by atoms with Crippen molar-refractivity contribution < 1.29 is 23.1 Å². The first kappa shape index (κ1) is 15.5. The van der Waals surface area contributed by atoms with E-state index < -0.39 is 27.8 Å². The van der Waals surface area contributed by atoms with Gasteiger partial charge in [0, 0.05) is 11.8 Å². The average Bonchev–Trinajstić information content (AvgIpc) is 3.21. The first-order valence-corrected chi connectivity index (χ1v) is 8.50. The summed E-state index contributed by atoms with van der Waals surface area (Å²) >= 11 is 0. The van der Waals surface area contributed by atoms with Gasteiger partial charge in [-0.3, -0.25) is 4.79 Å². The Kier molecular flexibility index (Phi) is 4.32. The topological polar surface area (TPSA) is 101 Å². The normalized spacial score (nSPS) is 16.2. The third kappa shape index (κ3) is 4.29. The predicted octanol–water partition coefficient (Wildman–Crippen LogP) is 1.07. The number of carboxylic acids is 1. The lowest BCUT2D eigenvalue weighted by Gasteiger charge is -2.14. The second-order valence-corrected chi connectivity index (χ2v) is 7.36. The summed E-state index contributed by atoms with van der Waals surface area (Å²) in [5, 5.41) is 11.6. The summed E-state index contributed by atoms with van der Waals surface area (Å²) in [6, 6.07) is 4.52. The van der Waals surface area contributed by atoms with Gasteiger partial charge < -0.3 is 10.4 Å². The molecule has 6 nitrogen and oxygen atoms in total. The van der Waals surface area contributed by atoms with Crippen molar-refractivity contribution in [3.05, 3.63) is 29.8 Å². The molecule has 1 atom stereocenters. The summed E-state index contributed by atoms with van der Waals surface area (Å²) in [5.41, 5.74) is 0.240. The maximum Gasteiger partial charge on any atom is 0.326 e. The predicted molar refractivity (Wildman–Crippen MR) is 75.8 cm³/mol. The standard InChI is InChI=1S/C14H17NO5S/c1-21(19,20)11-6-4-10(5-7-11)13(16)15-12(14(17)18)8-9-2-3-9/h4-7,9,12H,2-3,8H2,1H3,(H,15,16)(H,17,18). The molecule has 0 bridgehead atoms. The highest BCUT2D eigenvalue weighted by Crippen LogP contribution is 2.33. The van der Waals surface area contributed by atoms with Gasteiger partial charge in [0.1, 0.15) is 6.04 Å². The fourth-order valence-electron chi connectivity index (χ4n) is 2.00. The summed E-state index contributed by atoms with van der Waals surface area (Å²) < 4.78 is 22.7. The van der Waals surface area contributed by atoms with Crippen LogP contribution in [0.4, 0.5) is 0 Å². The van der Waals surface area contributed by atoms with E-state index in [4.69, 9.17) is 5.11 Å². The largest absolute Gasteiger partial charge is 0.480 e. The zero-order chi connectivity index (χ0) is 15.6. The quantitative estimate of drug-likeness (QED) is 0.818. The molecular formula is C14H17NO5S. The van der Waals surface area contributed by atoms with E-state index in [0.29, 0.717) is 12.3 Å².